The summed E-state index contributed by atoms with van der Waals surface area (Å²) in [4.78, 5) is 0. The van der Waals surface area contributed by atoms with Gasteiger partial charge in [-0.05, 0) is 12.1 Å². The molecule has 0 spiro atoms. The van der Waals surface area contributed by atoms with Gasteiger partial charge in [0.1, 0.15) is 11.5 Å². The summed E-state index contributed by atoms with van der Waals surface area (Å²) in [6.07, 6.45) is 1.71. The normalized spacial score (nSPS) is 10.4. The molecule has 86 valence electrons. The summed E-state index contributed by atoms with van der Waals surface area (Å²) in [5, 5.41) is 19.7. The lowest BCUT2D eigenvalue weighted by Crippen LogP contribution is -1.98. The summed E-state index contributed by atoms with van der Waals surface area (Å²) in [5.74, 6) is 0.207. The van der Waals surface area contributed by atoms with Gasteiger partial charge < -0.3 is 10.2 Å². The maximum Gasteiger partial charge on any atom is 0.119 e. The van der Waals surface area contributed by atoms with E-state index in [1.165, 1.54) is 0 Å². The zero-order chi connectivity index (χ0) is 12.3. The lowest BCUT2D eigenvalue weighted by atomic mass is 9.90. The summed E-state index contributed by atoms with van der Waals surface area (Å²) in [6.45, 7) is 3.77. The minimum atomic E-state index is -0.211. The Morgan fingerprint density at radius 3 is 1.59 bits per heavy atom. The van der Waals surface area contributed by atoms with Gasteiger partial charge in [-0.15, -0.1) is 6.58 Å². The van der Waals surface area contributed by atoms with Gasteiger partial charge in [0.2, 0.25) is 0 Å². The average Bonchev–Trinajstić information content (AvgIpc) is 2.34. The Balaban J connectivity index is 2.52. The highest BCUT2D eigenvalue weighted by molar-refractivity contribution is 5.48. The molecule has 0 aliphatic rings. The van der Waals surface area contributed by atoms with Crippen LogP contribution in [0.25, 0.3) is 0 Å². The number of aromatic hydroxyl groups is 2. The van der Waals surface area contributed by atoms with Crippen LogP contribution >= 0.6 is 0 Å². The fourth-order valence-corrected chi connectivity index (χ4v) is 1.92. The van der Waals surface area contributed by atoms with Crippen LogP contribution in [0.5, 0.6) is 11.5 Å². The molecule has 0 radical (unpaired) electrons. The topological polar surface area (TPSA) is 40.5 Å². The molecule has 2 nitrogen and oxygen atoms in total. The second kappa shape index (κ2) is 4.74. The van der Waals surface area contributed by atoms with E-state index < -0.39 is 0 Å². The molecule has 2 aromatic rings. The molecule has 2 N–H and O–H groups in total. The Labute approximate surface area is 100 Å². The molecule has 17 heavy (non-hydrogen) atoms. The standard InChI is InChI=1S/C15H14O2/c1-2-11(12-7-3-5-9-14(12)16)13-8-4-6-10-15(13)17/h2-11,16-17H,1H2. The fraction of sp³-hybridized carbons (Fsp3) is 0.0667. The van der Waals surface area contributed by atoms with Crippen molar-refractivity contribution in [1.29, 1.82) is 0 Å². The zero-order valence-electron chi connectivity index (χ0n) is 9.38. The monoisotopic (exact) mass is 226 g/mol. The molecule has 2 aromatic carbocycles. The Morgan fingerprint density at radius 2 is 1.24 bits per heavy atom. The molecule has 2 rings (SSSR count). The molecule has 0 heterocycles. The molecular weight excluding hydrogens is 212 g/mol. The van der Waals surface area contributed by atoms with Crippen molar-refractivity contribution in [3.05, 3.63) is 72.3 Å². The van der Waals surface area contributed by atoms with Crippen molar-refractivity contribution >= 4 is 0 Å². The molecule has 0 unspecified atom stereocenters. The summed E-state index contributed by atoms with van der Waals surface area (Å²) >= 11 is 0. The van der Waals surface area contributed by atoms with Gasteiger partial charge >= 0.3 is 0 Å². The van der Waals surface area contributed by atoms with Crippen molar-refractivity contribution in [3.63, 3.8) is 0 Å². The first-order valence-electron chi connectivity index (χ1n) is 5.42. The minimum Gasteiger partial charge on any atom is -0.508 e. The fourth-order valence-electron chi connectivity index (χ4n) is 1.92. The number of hydrogen-bond acceptors (Lipinski definition) is 2. The van der Waals surface area contributed by atoms with Gasteiger partial charge in [0.25, 0.3) is 0 Å². The summed E-state index contributed by atoms with van der Waals surface area (Å²) in [5.41, 5.74) is 1.48. The van der Waals surface area contributed by atoms with Crippen LogP contribution in [0, 0.1) is 0 Å². The van der Waals surface area contributed by atoms with Crippen LogP contribution in [-0.2, 0) is 0 Å². The van der Waals surface area contributed by atoms with E-state index in [1.54, 1.807) is 30.3 Å². The highest BCUT2D eigenvalue weighted by Crippen LogP contribution is 2.35. The number of para-hydroxylation sites is 2. The number of allylic oxidation sites excluding steroid dienone is 1. The van der Waals surface area contributed by atoms with Crippen molar-refractivity contribution in [2.24, 2.45) is 0 Å². The Bertz CT molecular complexity index is 486. The number of hydrogen-bond donors (Lipinski definition) is 2. The predicted molar refractivity (Wildman–Crippen MR) is 68.3 cm³/mol. The molecule has 0 bridgehead atoms. The van der Waals surface area contributed by atoms with E-state index in [0.717, 1.165) is 11.1 Å². The highest BCUT2D eigenvalue weighted by Gasteiger charge is 2.16. The lowest BCUT2D eigenvalue weighted by molar-refractivity contribution is 0.459. The van der Waals surface area contributed by atoms with Crippen molar-refractivity contribution in [1.82, 2.24) is 0 Å². The van der Waals surface area contributed by atoms with Gasteiger partial charge in [-0.1, -0.05) is 42.5 Å². The van der Waals surface area contributed by atoms with E-state index in [4.69, 9.17) is 0 Å². The molecule has 2 heteroatoms. The van der Waals surface area contributed by atoms with Crippen LogP contribution in [0.3, 0.4) is 0 Å². The third kappa shape index (κ3) is 2.16. The van der Waals surface area contributed by atoms with Crippen LogP contribution in [0.15, 0.2) is 61.2 Å². The van der Waals surface area contributed by atoms with Gasteiger partial charge in [0.15, 0.2) is 0 Å². The van der Waals surface area contributed by atoms with Crippen LogP contribution in [0.1, 0.15) is 17.0 Å². The average molecular weight is 226 g/mol. The maximum absolute atomic E-state index is 9.83. The highest BCUT2D eigenvalue weighted by atomic mass is 16.3. The smallest absolute Gasteiger partial charge is 0.119 e. The van der Waals surface area contributed by atoms with Crippen LogP contribution in [0.4, 0.5) is 0 Å². The molecule has 0 fully saturated rings. The van der Waals surface area contributed by atoms with Gasteiger partial charge in [0, 0.05) is 17.0 Å². The first-order chi connectivity index (χ1) is 8.24. The van der Waals surface area contributed by atoms with E-state index in [1.807, 2.05) is 24.3 Å². The van der Waals surface area contributed by atoms with E-state index >= 15 is 0 Å². The first-order valence-corrected chi connectivity index (χ1v) is 5.42. The quantitative estimate of drug-likeness (QED) is 0.787. The number of phenols is 2. The van der Waals surface area contributed by atoms with Gasteiger partial charge in [-0.2, -0.15) is 0 Å². The Morgan fingerprint density at radius 1 is 0.824 bits per heavy atom. The molecule has 0 atom stereocenters. The summed E-state index contributed by atoms with van der Waals surface area (Å²) < 4.78 is 0. The van der Waals surface area contributed by atoms with Gasteiger partial charge in [-0.25, -0.2) is 0 Å². The second-order valence-electron chi connectivity index (χ2n) is 3.83. The molecule has 0 aromatic heterocycles. The molecule has 0 amide bonds. The summed E-state index contributed by atoms with van der Waals surface area (Å²) in [7, 11) is 0. The van der Waals surface area contributed by atoms with Crippen molar-refractivity contribution in [2.45, 2.75) is 5.92 Å². The SMILES string of the molecule is C=CC(c1ccccc1O)c1ccccc1O. The lowest BCUT2D eigenvalue weighted by Gasteiger charge is -2.16. The minimum absolute atomic E-state index is 0.209. The molecular formula is C15H14O2. The Hall–Kier alpha value is -2.22. The van der Waals surface area contributed by atoms with E-state index in [9.17, 15) is 10.2 Å². The predicted octanol–water partition coefficient (Wildman–Crippen LogP) is 3.42. The Kier molecular flexibility index (Phi) is 3.15. The van der Waals surface area contributed by atoms with Crippen LogP contribution < -0.4 is 0 Å². The van der Waals surface area contributed by atoms with E-state index in [0.29, 0.717) is 0 Å². The maximum atomic E-state index is 9.83. The molecule has 0 saturated carbocycles. The van der Waals surface area contributed by atoms with Crippen molar-refractivity contribution in [3.8, 4) is 11.5 Å². The molecule has 0 aliphatic heterocycles. The second-order valence-corrected chi connectivity index (χ2v) is 3.83. The van der Waals surface area contributed by atoms with Crippen LogP contribution in [-0.4, -0.2) is 10.2 Å². The van der Waals surface area contributed by atoms with Gasteiger partial charge in [-0.3, -0.25) is 0 Å². The first kappa shape index (κ1) is 11.3. The number of phenolic OH excluding ortho intramolecular Hbond substituents is 2. The zero-order valence-corrected chi connectivity index (χ0v) is 9.38. The number of rotatable bonds is 3. The van der Waals surface area contributed by atoms with Crippen molar-refractivity contribution < 1.29 is 10.2 Å². The van der Waals surface area contributed by atoms with Crippen molar-refractivity contribution in [2.75, 3.05) is 0 Å². The number of benzene rings is 2. The van der Waals surface area contributed by atoms with Crippen LogP contribution in [0.2, 0.25) is 0 Å². The largest absolute Gasteiger partial charge is 0.508 e. The molecule has 0 saturated heterocycles. The van der Waals surface area contributed by atoms with E-state index in [2.05, 4.69) is 6.58 Å². The third-order valence-electron chi connectivity index (χ3n) is 2.78. The third-order valence-corrected chi connectivity index (χ3v) is 2.78. The van der Waals surface area contributed by atoms with E-state index in [-0.39, 0.29) is 17.4 Å². The molecule has 0 aliphatic carbocycles. The summed E-state index contributed by atoms with van der Waals surface area (Å²) in [6, 6.07) is 14.2. The van der Waals surface area contributed by atoms with Gasteiger partial charge in [0.05, 0.1) is 0 Å².